The highest BCUT2D eigenvalue weighted by Crippen LogP contribution is 2.51. The van der Waals surface area contributed by atoms with Crippen LogP contribution >= 0.6 is 0 Å². The summed E-state index contributed by atoms with van der Waals surface area (Å²) in [5, 5.41) is 10.4. The van der Waals surface area contributed by atoms with Gasteiger partial charge in [0.05, 0.1) is 23.2 Å². The monoisotopic (exact) mass is 437 g/mol. The topological polar surface area (TPSA) is 86.3 Å². The van der Waals surface area contributed by atoms with Crippen LogP contribution in [0.4, 0.5) is 8.78 Å². The lowest BCUT2D eigenvalue weighted by Crippen LogP contribution is -2.42. The van der Waals surface area contributed by atoms with Gasteiger partial charge in [-0.25, -0.2) is 13.8 Å². The predicted octanol–water partition coefficient (Wildman–Crippen LogP) is 2.75. The third kappa shape index (κ3) is 3.50. The van der Waals surface area contributed by atoms with E-state index in [4.69, 9.17) is 4.98 Å². The lowest BCUT2D eigenvalue weighted by Gasteiger charge is -2.30. The van der Waals surface area contributed by atoms with Crippen molar-refractivity contribution < 1.29 is 18.7 Å². The molecular weight excluding hydrogens is 416 g/mol. The number of fused-ring (bicyclic) bond motifs is 1. The number of nitrogens with zero attached hydrogens (tertiary/aromatic N) is 2. The summed E-state index contributed by atoms with van der Waals surface area (Å²) in [6.07, 6.45) is 0.438. The number of aliphatic hydroxyl groups excluding tert-OH is 1. The molecule has 2 aromatic carbocycles. The summed E-state index contributed by atoms with van der Waals surface area (Å²) in [4.78, 5) is 34.6. The molecule has 32 heavy (non-hydrogen) atoms. The number of aromatic nitrogens is 2. The van der Waals surface area contributed by atoms with Crippen molar-refractivity contribution in [1.29, 1.82) is 0 Å². The zero-order valence-electron chi connectivity index (χ0n) is 17.1. The quantitative estimate of drug-likeness (QED) is 0.657. The Morgan fingerprint density at radius 2 is 1.81 bits per heavy atom. The van der Waals surface area contributed by atoms with Crippen LogP contribution in [0.15, 0.2) is 53.3 Å². The first-order valence-corrected chi connectivity index (χ1v) is 10.5. The fraction of sp³-hybridized carbons (Fsp3) is 0.292. The first-order chi connectivity index (χ1) is 15.4. The molecule has 0 saturated heterocycles. The Bertz CT molecular complexity index is 1230. The van der Waals surface area contributed by atoms with Gasteiger partial charge in [0.2, 0.25) is 0 Å². The van der Waals surface area contributed by atoms with Crippen molar-refractivity contribution in [2.75, 3.05) is 6.54 Å². The van der Waals surface area contributed by atoms with Crippen molar-refractivity contribution in [2.45, 2.75) is 37.3 Å². The van der Waals surface area contributed by atoms with Crippen LogP contribution in [0.25, 0.3) is 0 Å². The molecule has 0 spiro atoms. The standard InChI is InChI=1S/C24H21F2N3O3/c25-16-10-14(11-17(26)12-16)20(30)22(32)29-9-6-19-18(13-29)21(31)28-23(27-19)24(7-8-24)15-4-2-1-3-5-15/h1-5,10-12,20,30H,6-9,13H2,(H,27,28,31). The van der Waals surface area contributed by atoms with E-state index in [2.05, 4.69) is 4.98 Å². The van der Waals surface area contributed by atoms with Gasteiger partial charge in [-0.05, 0) is 36.1 Å². The van der Waals surface area contributed by atoms with Crippen LogP contribution in [-0.4, -0.2) is 32.4 Å². The molecule has 0 radical (unpaired) electrons. The van der Waals surface area contributed by atoms with E-state index in [1.54, 1.807) is 0 Å². The highest BCUT2D eigenvalue weighted by Gasteiger charge is 2.48. The van der Waals surface area contributed by atoms with Gasteiger partial charge < -0.3 is 15.0 Å². The Morgan fingerprint density at radius 3 is 2.47 bits per heavy atom. The van der Waals surface area contributed by atoms with Crippen LogP contribution in [0, 0.1) is 11.6 Å². The summed E-state index contributed by atoms with van der Waals surface area (Å²) in [5.41, 5.74) is 1.37. The van der Waals surface area contributed by atoms with E-state index < -0.39 is 23.6 Å². The smallest absolute Gasteiger partial charge is 0.256 e. The van der Waals surface area contributed by atoms with Gasteiger partial charge in [0.15, 0.2) is 6.10 Å². The zero-order chi connectivity index (χ0) is 22.5. The van der Waals surface area contributed by atoms with Crippen molar-refractivity contribution in [1.82, 2.24) is 14.9 Å². The molecule has 1 fully saturated rings. The fourth-order valence-corrected chi connectivity index (χ4v) is 4.43. The molecule has 2 N–H and O–H groups in total. The number of hydrogen-bond acceptors (Lipinski definition) is 4. The van der Waals surface area contributed by atoms with E-state index in [0.717, 1.165) is 30.5 Å². The molecule has 2 heterocycles. The average molecular weight is 437 g/mol. The lowest BCUT2D eigenvalue weighted by atomic mass is 9.94. The normalized spacial score (nSPS) is 17.5. The Balaban J connectivity index is 1.40. The van der Waals surface area contributed by atoms with Crippen molar-refractivity contribution in [3.05, 3.63) is 98.7 Å². The average Bonchev–Trinajstić information content (AvgIpc) is 3.60. The maximum atomic E-state index is 13.5. The van der Waals surface area contributed by atoms with Gasteiger partial charge in [0.1, 0.15) is 17.5 Å². The molecule has 2 aliphatic rings. The van der Waals surface area contributed by atoms with Crippen LogP contribution in [0.2, 0.25) is 0 Å². The summed E-state index contributed by atoms with van der Waals surface area (Å²) in [6.45, 7) is 0.221. The number of nitrogens with one attached hydrogen (secondary N) is 1. The Labute approximate surface area is 182 Å². The molecule has 164 valence electrons. The van der Waals surface area contributed by atoms with Gasteiger partial charge in [-0.3, -0.25) is 9.59 Å². The Hall–Kier alpha value is -3.39. The van der Waals surface area contributed by atoms with E-state index in [0.29, 0.717) is 29.6 Å². The molecule has 1 aliphatic carbocycles. The minimum Gasteiger partial charge on any atom is -0.378 e. The number of carbonyl (C=O) groups is 1. The lowest BCUT2D eigenvalue weighted by molar-refractivity contribution is -0.141. The first kappa shape index (κ1) is 20.5. The number of benzene rings is 2. The van der Waals surface area contributed by atoms with Gasteiger partial charge in [0, 0.05) is 19.0 Å². The molecular formula is C24H21F2N3O3. The van der Waals surface area contributed by atoms with Crippen molar-refractivity contribution >= 4 is 5.91 Å². The van der Waals surface area contributed by atoms with Crippen molar-refractivity contribution in [3.63, 3.8) is 0 Å². The van der Waals surface area contributed by atoms with E-state index in [-0.39, 0.29) is 29.6 Å². The second-order valence-corrected chi connectivity index (χ2v) is 8.40. The first-order valence-electron chi connectivity index (χ1n) is 10.5. The number of aromatic amines is 1. The second kappa shape index (κ2) is 7.63. The van der Waals surface area contributed by atoms with Gasteiger partial charge in [-0.15, -0.1) is 0 Å². The second-order valence-electron chi connectivity index (χ2n) is 8.40. The Kier molecular flexibility index (Phi) is 4.89. The third-order valence-corrected chi connectivity index (χ3v) is 6.34. The van der Waals surface area contributed by atoms with E-state index in [1.165, 1.54) is 4.90 Å². The van der Waals surface area contributed by atoms with Crippen LogP contribution in [0.5, 0.6) is 0 Å². The number of halogens is 2. The van der Waals surface area contributed by atoms with Crippen LogP contribution in [0.3, 0.4) is 0 Å². The molecule has 6 nitrogen and oxygen atoms in total. The summed E-state index contributed by atoms with van der Waals surface area (Å²) < 4.78 is 27.0. The van der Waals surface area contributed by atoms with E-state index in [1.807, 2.05) is 30.3 Å². The van der Waals surface area contributed by atoms with Crippen LogP contribution in [-0.2, 0) is 23.2 Å². The third-order valence-electron chi connectivity index (χ3n) is 6.34. The molecule has 3 aromatic rings. The number of rotatable bonds is 4. The van der Waals surface area contributed by atoms with Gasteiger partial charge in [0.25, 0.3) is 11.5 Å². The summed E-state index contributed by atoms with van der Waals surface area (Å²) >= 11 is 0. The SMILES string of the molecule is O=C(C(O)c1cc(F)cc(F)c1)N1CCc2nc(C3(c4ccccc4)CC3)[nH]c(=O)c2C1. The molecule has 0 bridgehead atoms. The molecule has 1 unspecified atom stereocenters. The van der Waals surface area contributed by atoms with Gasteiger partial charge >= 0.3 is 0 Å². The summed E-state index contributed by atoms with van der Waals surface area (Å²) in [6, 6.07) is 12.4. The Morgan fingerprint density at radius 1 is 1.12 bits per heavy atom. The highest BCUT2D eigenvalue weighted by molar-refractivity contribution is 5.82. The maximum absolute atomic E-state index is 13.5. The number of aliphatic hydroxyl groups is 1. The molecule has 1 saturated carbocycles. The predicted molar refractivity (Wildman–Crippen MR) is 112 cm³/mol. The van der Waals surface area contributed by atoms with Crippen LogP contribution < -0.4 is 5.56 Å². The molecule has 1 atom stereocenters. The highest BCUT2D eigenvalue weighted by atomic mass is 19.1. The molecule has 1 aliphatic heterocycles. The number of carbonyl (C=O) groups excluding carboxylic acids is 1. The summed E-state index contributed by atoms with van der Waals surface area (Å²) in [7, 11) is 0. The van der Waals surface area contributed by atoms with E-state index in [9.17, 15) is 23.5 Å². The maximum Gasteiger partial charge on any atom is 0.256 e. The fourth-order valence-electron chi connectivity index (χ4n) is 4.43. The van der Waals surface area contributed by atoms with Gasteiger partial charge in [-0.1, -0.05) is 30.3 Å². The molecule has 1 amide bonds. The number of amides is 1. The minimum absolute atomic E-state index is 0.0238. The van der Waals surface area contributed by atoms with Crippen LogP contribution in [0.1, 0.15) is 47.2 Å². The summed E-state index contributed by atoms with van der Waals surface area (Å²) in [5.74, 6) is -1.83. The zero-order valence-corrected chi connectivity index (χ0v) is 17.1. The minimum atomic E-state index is -1.72. The molecule has 8 heteroatoms. The van der Waals surface area contributed by atoms with Gasteiger partial charge in [-0.2, -0.15) is 0 Å². The van der Waals surface area contributed by atoms with Crippen molar-refractivity contribution in [3.8, 4) is 0 Å². The number of hydrogen-bond donors (Lipinski definition) is 2. The van der Waals surface area contributed by atoms with E-state index >= 15 is 0 Å². The van der Waals surface area contributed by atoms with Crippen molar-refractivity contribution in [2.24, 2.45) is 0 Å². The largest absolute Gasteiger partial charge is 0.378 e. The number of H-pyrrole nitrogens is 1. The molecule has 1 aromatic heterocycles. The molecule has 5 rings (SSSR count).